The van der Waals surface area contributed by atoms with E-state index in [0.717, 1.165) is 39.7 Å². The summed E-state index contributed by atoms with van der Waals surface area (Å²) in [6.07, 6.45) is 5.68. The Morgan fingerprint density at radius 3 is 2.57 bits per heavy atom. The van der Waals surface area contributed by atoms with E-state index >= 15 is 0 Å². The van der Waals surface area contributed by atoms with Crippen LogP contribution in [0.3, 0.4) is 0 Å². The molecule has 9 nitrogen and oxygen atoms in total. The van der Waals surface area contributed by atoms with Crippen LogP contribution in [-0.4, -0.2) is 58.2 Å². The van der Waals surface area contributed by atoms with Crippen LogP contribution in [0.4, 0.5) is 23.4 Å². The third-order valence-electron chi connectivity index (χ3n) is 5.95. The minimum Gasteiger partial charge on any atom is -0.493 e. The van der Waals surface area contributed by atoms with E-state index in [0.29, 0.717) is 29.5 Å². The smallest absolute Gasteiger partial charge is 0.229 e. The molecule has 2 N–H and O–H groups in total. The molecule has 10 heteroatoms. The highest BCUT2D eigenvalue weighted by Crippen LogP contribution is 2.36. The summed E-state index contributed by atoms with van der Waals surface area (Å²) in [5.74, 6) is 2.85. The lowest BCUT2D eigenvalue weighted by Crippen LogP contribution is -2.46. The molecule has 0 saturated heterocycles. The van der Waals surface area contributed by atoms with Gasteiger partial charge in [0.1, 0.15) is 11.9 Å². The molecule has 2 aromatic heterocycles. The first-order valence-corrected chi connectivity index (χ1v) is 12.1. The number of anilines is 4. The molecule has 2 heterocycles. The maximum absolute atomic E-state index is 6.14. The Morgan fingerprint density at radius 1 is 0.943 bits per heavy atom. The van der Waals surface area contributed by atoms with Crippen LogP contribution < -0.4 is 20.1 Å². The number of methoxy groups -OCH3 is 1. The third kappa shape index (κ3) is 5.44. The van der Waals surface area contributed by atoms with Crippen molar-refractivity contribution in [1.82, 2.24) is 24.8 Å². The molecule has 0 unspecified atom stereocenters. The molecule has 0 aliphatic heterocycles. The van der Waals surface area contributed by atoms with Crippen molar-refractivity contribution in [3.63, 3.8) is 0 Å². The zero-order valence-corrected chi connectivity index (χ0v) is 21.3. The summed E-state index contributed by atoms with van der Waals surface area (Å²) in [7, 11) is 5.84. The molecule has 1 saturated carbocycles. The molecule has 0 radical (unpaired) electrons. The van der Waals surface area contributed by atoms with Crippen LogP contribution >= 0.6 is 15.9 Å². The Hall–Kier alpha value is -3.50. The van der Waals surface area contributed by atoms with E-state index in [9.17, 15) is 0 Å². The van der Waals surface area contributed by atoms with E-state index in [2.05, 4.69) is 65.5 Å². The Kier molecular flexibility index (Phi) is 6.65. The Balaban J connectivity index is 1.27. The predicted octanol–water partition coefficient (Wildman–Crippen LogP) is 5.15. The van der Waals surface area contributed by atoms with Crippen LogP contribution in [0.1, 0.15) is 12.8 Å². The fraction of sp³-hybridized carbons (Fsp3) is 0.280. The Bertz CT molecular complexity index is 1340. The van der Waals surface area contributed by atoms with Gasteiger partial charge < -0.3 is 25.0 Å². The van der Waals surface area contributed by atoms with Gasteiger partial charge in [-0.3, -0.25) is 0 Å². The number of nitrogens with one attached hydrogen (secondary N) is 2. The lowest BCUT2D eigenvalue weighted by molar-refractivity contribution is 0.0383. The SMILES string of the molecule is COc1cc(Nc2nccc(Nc3ncc4ccc(Br)cc4n3)n2)ccc1OC1CC(N(C)C)C1. The summed E-state index contributed by atoms with van der Waals surface area (Å²) in [6.45, 7) is 0. The van der Waals surface area contributed by atoms with Crippen molar-refractivity contribution in [2.45, 2.75) is 25.0 Å². The van der Waals surface area contributed by atoms with E-state index in [1.807, 2.05) is 36.4 Å². The topological polar surface area (TPSA) is 97.3 Å². The first-order valence-electron chi connectivity index (χ1n) is 11.3. The Morgan fingerprint density at radius 2 is 1.77 bits per heavy atom. The van der Waals surface area contributed by atoms with Crippen LogP contribution in [0.5, 0.6) is 11.5 Å². The van der Waals surface area contributed by atoms with E-state index < -0.39 is 0 Å². The van der Waals surface area contributed by atoms with Crippen molar-refractivity contribution in [2.75, 3.05) is 31.8 Å². The largest absolute Gasteiger partial charge is 0.493 e. The highest BCUT2D eigenvalue weighted by molar-refractivity contribution is 9.10. The summed E-state index contributed by atoms with van der Waals surface area (Å²) in [5.41, 5.74) is 1.62. The molecule has 180 valence electrons. The van der Waals surface area contributed by atoms with Gasteiger partial charge in [0.25, 0.3) is 0 Å². The second-order valence-corrected chi connectivity index (χ2v) is 9.52. The fourth-order valence-corrected chi connectivity index (χ4v) is 4.22. The summed E-state index contributed by atoms with van der Waals surface area (Å²) in [4.78, 5) is 20.0. The van der Waals surface area contributed by atoms with Crippen LogP contribution in [0.2, 0.25) is 0 Å². The predicted molar refractivity (Wildman–Crippen MR) is 140 cm³/mol. The minimum absolute atomic E-state index is 0.208. The zero-order valence-electron chi connectivity index (χ0n) is 19.7. The average Bonchev–Trinajstić information content (AvgIpc) is 2.81. The number of hydrogen-bond donors (Lipinski definition) is 2. The van der Waals surface area contributed by atoms with Crippen LogP contribution in [0, 0.1) is 0 Å². The molecule has 35 heavy (non-hydrogen) atoms. The molecule has 1 aliphatic rings. The zero-order chi connectivity index (χ0) is 24.4. The van der Waals surface area contributed by atoms with Gasteiger partial charge in [0, 0.05) is 40.0 Å². The number of aromatic nitrogens is 4. The van der Waals surface area contributed by atoms with Gasteiger partial charge in [-0.15, -0.1) is 0 Å². The van der Waals surface area contributed by atoms with Gasteiger partial charge in [0.2, 0.25) is 11.9 Å². The molecule has 4 aromatic rings. The van der Waals surface area contributed by atoms with Crippen molar-refractivity contribution in [3.8, 4) is 11.5 Å². The number of benzene rings is 2. The highest BCUT2D eigenvalue weighted by atomic mass is 79.9. The van der Waals surface area contributed by atoms with E-state index in [4.69, 9.17) is 9.47 Å². The molecular weight excluding hydrogens is 510 g/mol. The van der Waals surface area contributed by atoms with Gasteiger partial charge in [-0.1, -0.05) is 22.0 Å². The van der Waals surface area contributed by atoms with Gasteiger partial charge in [-0.25, -0.2) is 15.0 Å². The number of ether oxygens (including phenoxy) is 2. The van der Waals surface area contributed by atoms with Crippen LogP contribution in [0.25, 0.3) is 10.9 Å². The average molecular weight is 536 g/mol. The molecule has 1 fully saturated rings. The molecule has 2 aromatic carbocycles. The maximum atomic E-state index is 6.14. The molecule has 0 spiro atoms. The minimum atomic E-state index is 0.208. The molecule has 1 aliphatic carbocycles. The summed E-state index contributed by atoms with van der Waals surface area (Å²) in [5, 5.41) is 7.32. The second-order valence-electron chi connectivity index (χ2n) is 8.61. The van der Waals surface area contributed by atoms with E-state index in [1.54, 1.807) is 25.6 Å². The van der Waals surface area contributed by atoms with Gasteiger partial charge in [-0.2, -0.15) is 4.98 Å². The van der Waals surface area contributed by atoms with Crippen molar-refractivity contribution in [3.05, 3.63) is 59.3 Å². The third-order valence-corrected chi connectivity index (χ3v) is 6.45. The van der Waals surface area contributed by atoms with Crippen molar-refractivity contribution in [1.29, 1.82) is 0 Å². The lowest BCUT2D eigenvalue weighted by atomic mass is 9.88. The monoisotopic (exact) mass is 535 g/mol. The number of halogens is 1. The number of nitrogens with zero attached hydrogens (tertiary/aromatic N) is 5. The van der Waals surface area contributed by atoms with E-state index in [1.165, 1.54) is 0 Å². The second kappa shape index (κ2) is 10.0. The summed E-state index contributed by atoms with van der Waals surface area (Å²) < 4.78 is 12.7. The van der Waals surface area contributed by atoms with Gasteiger partial charge in [0.15, 0.2) is 11.5 Å². The van der Waals surface area contributed by atoms with Gasteiger partial charge in [-0.05, 0) is 57.3 Å². The summed E-state index contributed by atoms with van der Waals surface area (Å²) >= 11 is 3.48. The molecule has 0 atom stereocenters. The van der Waals surface area contributed by atoms with Crippen LogP contribution in [0.15, 0.2) is 59.3 Å². The van der Waals surface area contributed by atoms with Crippen molar-refractivity contribution >= 4 is 50.2 Å². The number of hydrogen-bond acceptors (Lipinski definition) is 9. The lowest BCUT2D eigenvalue weighted by Gasteiger charge is -2.39. The van der Waals surface area contributed by atoms with Crippen molar-refractivity contribution in [2.24, 2.45) is 0 Å². The molecular formula is C25H26BrN7O2. The number of fused-ring (bicyclic) bond motifs is 1. The number of rotatable bonds is 8. The highest BCUT2D eigenvalue weighted by Gasteiger charge is 2.32. The standard InChI is InChI=1S/C25H26BrN7O2/c1-33(2)18-12-19(13-18)35-21-7-6-17(11-22(21)34-3)29-24-27-9-8-23(31-24)32-25-28-14-15-4-5-16(26)10-20(15)30-25/h4-11,14,18-19H,12-13H2,1-3H3,(H2,27,28,29,30,31,32). The first-order chi connectivity index (χ1) is 17.0. The molecule has 0 amide bonds. The molecule has 0 bridgehead atoms. The normalized spacial score (nSPS) is 17.2. The van der Waals surface area contributed by atoms with Gasteiger partial charge in [0.05, 0.1) is 12.6 Å². The van der Waals surface area contributed by atoms with Gasteiger partial charge >= 0.3 is 0 Å². The molecule has 5 rings (SSSR count). The fourth-order valence-electron chi connectivity index (χ4n) is 3.87. The summed E-state index contributed by atoms with van der Waals surface area (Å²) in [6, 6.07) is 13.9. The maximum Gasteiger partial charge on any atom is 0.229 e. The van der Waals surface area contributed by atoms with Crippen molar-refractivity contribution < 1.29 is 9.47 Å². The quantitative estimate of drug-likeness (QED) is 0.317. The van der Waals surface area contributed by atoms with E-state index in [-0.39, 0.29) is 6.10 Å². The van der Waals surface area contributed by atoms with Crippen LogP contribution in [-0.2, 0) is 0 Å². The first kappa shape index (κ1) is 23.3. The Labute approximate surface area is 212 Å².